The molecule has 1 heterocycles. The molecule has 2 aliphatic rings. The summed E-state index contributed by atoms with van der Waals surface area (Å²) in [6.45, 7) is 9.59. The highest BCUT2D eigenvalue weighted by molar-refractivity contribution is 4.95. The molecule has 1 saturated carbocycles. The Hall–Kier alpha value is -0.550. The lowest BCUT2D eigenvalue weighted by Gasteiger charge is -2.33. The molecule has 1 saturated heterocycles. The topological polar surface area (TPSA) is 27.0 Å². The Bertz CT molecular complexity index is 336. The highest BCUT2D eigenvalue weighted by Gasteiger charge is 2.32. The van der Waals surface area contributed by atoms with E-state index in [0.717, 1.165) is 12.3 Å². The Morgan fingerprint density at radius 2 is 1.65 bits per heavy atom. The Labute approximate surface area is 125 Å². The van der Waals surface area contributed by atoms with Crippen LogP contribution in [0.4, 0.5) is 0 Å². The van der Waals surface area contributed by atoms with Crippen LogP contribution in [0.15, 0.2) is 0 Å². The molecule has 0 aromatic rings. The van der Waals surface area contributed by atoms with Crippen molar-refractivity contribution in [1.29, 1.82) is 5.26 Å². The number of hydrogen-bond acceptors (Lipinski definition) is 2. The van der Waals surface area contributed by atoms with E-state index in [4.69, 9.17) is 0 Å². The smallest absolute Gasteiger partial charge is 0.0672 e. The zero-order valence-electron chi connectivity index (χ0n) is 13.7. The molecule has 0 amide bonds. The highest BCUT2D eigenvalue weighted by Crippen LogP contribution is 2.36. The predicted molar refractivity (Wildman–Crippen MR) is 84.3 cm³/mol. The van der Waals surface area contributed by atoms with E-state index < -0.39 is 0 Å². The first kappa shape index (κ1) is 15.8. The predicted octanol–water partition coefficient (Wildman–Crippen LogP) is 4.61. The minimum absolute atomic E-state index is 0.281. The lowest BCUT2D eigenvalue weighted by atomic mass is 9.77. The van der Waals surface area contributed by atoms with Crippen LogP contribution in [0, 0.1) is 28.6 Å². The second-order valence-electron chi connectivity index (χ2n) is 7.97. The van der Waals surface area contributed by atoms with Crippen molar-refractivity contribution in [2.45, 2.75) is 78.2 Å². The molecule has 20 heavy (non-hydrogen) atoms. The third kappa shape index (κ3) is 3.98. The molecule has 2 heteroatoms. The lowest BCUT2D eigenvalue weighted by Crippen LogP contribution is -2.40. The summed E-state index contributed by atoms with van der Waals surface area (Å²) in [5.41, 5.74) is 0.439. The first-order chi connectivity index (χ1) is 9.52. The van der Waals surface area contributed by atoms with E-state index >= 15 is 0 Å². The minimum atomic E-state index is 0.281. The zero-order chi connectivity index (χ0) is 14.6. The van der Waals surface area contributed by atoms with Crippen molar-refractivity contribution in [3.8, 4) is 6.07 Å². The van der Waals surface area contributed by atoms with E-state index in [2.05, 4.69) is 31.7 Å². The Kier molecular flexibility index (Phi) is 5.49. The monoisotopic (exact) mass is 276 g/mol. The zero-order valence-corrected chi connectivity index (χ0v) is 13.7. The second-order valence-corrected chi connectivity index (χ2v) is 7.97. The summed E-state index contributed by atoms with van der Waals surface area (Å²) in [6, 6.07) is 3.15. The van der Waals surface area contributed by atoms with Gasteiger partial charge in [-0.1, -0.05) is 40.0 Å². The van der Waals surface area contributed by atoms with Gasteiger partial charge in [0, 0.05) is 6.04 Å². The van der Waals surface area contributed by atoms with E-state index in [0.29, 0.717) is 11.5 Å². The van der Waals surface area contributed by atoms with Crippen LogP contribution in [-0.2, 0) is 0 Å². The molecular formula is C18H32N2. The number of hydrogen-bond donors (Lipinski definition) is 0. The van der Waals surface area contributed by atoms with Gasteiger partial charge in [0.15, 0.2) is 0 Å². The molecule has 0 radical (unpaired) electrons. The van der Waals surface area contributed by atoms with Crippen LogP contribution < -0.4 is 0 Å². The maximum absolute atomic E-state index is 9.49. The summed E-state index contributed by atoms with van der Waals surface area (Å²) >= 11 is 0. The van der Waals surface area contributed by atoms with E-state index in [9.17, 15) is 5.26 Å². The van der Waals surface area contributed by atoms with Crippen molar-refractivity contribution >= 4 is 0 Å². The van der Waals surface area contributed by atoms with Gasteiger partial charge in [0.05, 0.1) is 12.0 Å². The molecule has 1 aliphatic carbocycles. The quantitative estimate of drug-likeness (QED) is 0.654. The number of rotatable bonds is 1. The van der Waals surface area contributed by atoms with Gasteiger partial charge < -0.3 is 0 Å². The summed E-state index contributed by atoms with van der Waals surface area (Å²) in [5, 5.41) is 9.49. The van der Waals surface area contributed by atoms with Crippen LogP contribution in [0.2, 0.25) is 0 Å². The van der Waals surface area contributed by atoms with Gasteiger partial charge in [-0.05, 0) is 56.5 Å². The molecule has 3 unspecified atom stereocenters. The standard InChI is InChI=1S/C18H32N2/c1-18(2,3)16-9-7-12-20(13-11-16)17-10-6-4-5-8-15(17)14-19/h15-17H,4-13H2,1-3H3. The molecule has 114 valence electrons. The average molecular weight is 276 g/mol. The molecule has 1 aliphatic heterocycles. The Morgan fingerprint density at radius 3 is 2.35 bits per heavy atom. The van der Waals surface area contributed by atoms with Gasteiger partial charge in [-0.2, -0.15) is 5.26 Å². The van der Waals surface area contributed by atoms with E-state index in [1.165, 1.54) is 58.0 Å². The molecule has 2 rings (SSSR count). The van der Waals surface area contributed by atoms with Crippen LogP contribution in [-0.4, -0.2) is 24.0 Å². The van der Waals surface area contributed by atoms with Crippen LogP contribution in [0.3, 0.4) is 0 Å². The molecule has 0 bridgehead atoms. The molecule has 0 aromatic carbocycles. The molecule has 0 spiro atoms. The number of nitriles is 1. The fourth-order valence-electron chi connectivity index (χ4n) is 4.19. The third-order valence-corrected chi connectivity index (χ3v) is 5.60. The second kappa shape index (κ2) is 6.94. The molecule has 0 N–H and O–H groups in total. The van der Waals surface area contributed by atoms with Crippen molar-refractivity contribution in [2.75, 3.05) is 13.1 Å². The maximum Gasteiger partial charge on any atom is 0.0672 e. The summed E-state index contributed by atoms with van der Waals surface area (Å²) in [5.74, 6) is 1.13. The summed E-state index contributed by atoms with van der Waals surface area (Å²) < 4.78 is 0. The van der Waals surface area contributed by atoms with Crippen LogP contribution in [0.1, 0.15) is 72.1 Å². The van der Waals surface area contributed by atoms with Gasteiger partial charge in [-0.3, -0.25) is 4.90 Å². The largest absolute Gasteiger partial charge is 0.299 e. The lowest BCUT2D eigenvalue weighted by molar-refractivity contribution is 0.149. The van der Waals surface area contributed by atoms with E-state index in [1.54, 1.807) is 0 Å². The molecular weight excluding hydrogens is 244 g/mol. The first-order valence-electron chi connectivity index (χ1n) is 8.66. The van der Waals surface area contributed by atoms with E-state index in [1.807, 2.05) is 0 Å². The van der Waals surface area contributed by atoms with Crippen LogP contribution in [0.5, 0.6) is 0 Å². The van der Waals surface area contributed by atoms with Crippen molar-refractivity contribution in [1.82, 2.24) is 4.90 Å². The average Bonchev–Trinajstić information content (AvgIpc) is 2.77. The Balaban J connectivity index is 2.00. The fraction of sp³-hybridized carbons (Fsp3) is 0.944. The van der Waals surface area contributed by atoms with Crippen molar-refractivity contribution in [2.24, 2.45) is 17.3 Å². The summed E-state index contributed by atoms with van der Waals surface area (Å²) in [6.07, 6.45) is 10.3. The SMILES string of the molecule is CC(C)(C)C1CCCN(C2CCCCCC2C#N)CC1. The highest BCUT2D eigenvalue weighted by atomic mass is 15.2. The van der Waals surface area contributed by atoms with Gasteiger partial charge >= 0.3 is 0 Å². The van der Waals surface area contributed by atoms with Crippen molar-refractivity contribution in [3.05, 3.63) is 0 Å². The van der Waals surface area contributed by atoms with E-state index in [-0.39, 0.29) is 5.92 Å². The molecule has 2 nitrogen and oxygen atoms in total. The summed E-state index contributed by atoms with van der Waals surface area (Å²) in [7, 11) is 0. The minimum Gasteiger partial charge on any atom is -0.299 e. The maximum atomic E-state index is 9.49. The molecule has 3 atom stereocenters. The van der Waals surface area contributed by atoms with Crippen LogP contribution >= 0.6 is 0 Å². The normalized spacial score (nSPS) is 34.0. The summed E-state index contributed by atoms with van der Waals surface area (Å²) in [4.78, 5) is 2.67. The van der Waals surface area contributed by atoms with Gasteiger partial charge in [-0.25, -0.2) is 0 Å². The first-order valence-corrected chi connectivity index (χ1v) is 8.66. The van der Waals surface area contributed by atoms with Gasteiger partial charge in [0.2, 0.25) is 0 Å². The Morgan fingerprint density at radius 1 is 0.900 bits per heavy atom. The molecule has 2 fully saturated rings. The van der Waals surface area contributed by atoms with Gasteiger partial charge in [0.25, 0.3) is 0 Å². The number of likely N-dealkylation sites (tertiary alicyclic amines) is 1. The third-order valence-electron chi connectivity index (χ3n) is 5.60. The van der Waals surface area contributed by atoms with Crippen molar-refractivity contribution < 1.29 is 0 Å². The van der Waals surface area contributed by atoms with Crippen LogP contribution in [0.25, 0.3) is 0 Å². The van der Waals surface area contributed by atoms with Gasteiger partial charge in [-0.15, -0.1) is 0 Å². The van der Waals surface area contributed by atoms with Gasteiger partial charge in [0.1, 0.15) is 0 Å². The fourth-order valence-corrected chi connectivity index (χ4v) is 4.19. The van der Waals surface area contributed by atoms with Crippen molar-refractivity contribution in [3.63, 3.8) is 0 Å². The number of nitrogens with zero attached hydrogens (tertiary/aromatic N) is 2. The molecule has 0 aromatic heterocycles.